The van der Waals surface area contributed by atoms with Crippen molar-refractivity contribution in [1.82, 2.24) is 9.80 Å². The van der Waals surface area contributed by atoms with Crippen LogP contribution in [-0.4, -0.2) is 48.6 Å². The summed E-state index contributed by atoms with van der Waals surface area (Å²) >= 11 is 3.53. The molecule has 21 heavy (non-hydrogen) atoms. The van der Waals surface area contributed by atoms with Gasteiger partial charge in [-0.05, 0) is 63.0 Å². The molecule has 116 valence electrons. The zero-order valence-corrected chi connectivity index (χ0v) is 14.3. The zero-order valence-electron chi connectivity index (χ0n) is 12.7. The third-order valence-electron chi connectivity index (χ3n) is 4.92. The fourth-order valence-electron chi connectivity index (χ4n) is 3.71. The maximum absolute atomic E-state index is 6.37. The summed E-state index contributed by atoms with van der Waals surface area (Å²) in [5.41, 5.74) is 7.61. The van der Waals surface area contributed by atoms with E-state index in [1.165, 1.54) is 51.0 Å². The normalized spacial score (nSPS) is 25.5. The predicted molar refractivity (Wildman–Crippen MR) is 91.3 cm³/mol. The van der Waals surface area contributed by atoms with E-state index in [4.69, 9.17) is 5.73 Å². The molecule has 2 unspecified atom stereocenters. The lowest BCUT2D eigenvalue weighted by molar-refractivity contribution is 0.216. The summed E-state index contributed by atoms with van der Waals surface area (Å²) in [5, 5.41) is 0. The van der Waals surface area contributed by atoms with Gasteiger partial charge in [-0.1, -0.05) is 28.1 Å². The summed E-state index contributed by atoms with van der Waals surface area (Å²) < 4.78 is 1.12. The molecular weight excluding hydrogens is 326 g/mol. The predicted octanol–water partition coefficient (Wildman–Crippen LogP) is 3.01. The number of nitrogens with zero attached hydrogens (tertiary/aromatic N) is 2. The third kappa shape index (κ3) is 4.07. The Labute approximate surface area is 136 Å². The van der Waals surface area contributed by atoms with Crippen LogP contribution in [0.2, 0.25) is 0 Å². The van der Waals surface area contributed by atoms with Gasteiger partial charge in [-0.25, -0.2) is 0 Å². The van der Waals surface area contributed by atoms with E-state index in [2.05, 4.69) is 50.0 Å². The minimum Gasteiger partial charge on any atom is -0.324 e. The van der Waals surface area contributed by atoms with Crippen LogP contribution in [0.25, 0.3) is 0 Å². The molecule has 0 bridgehead atoms. The number of rotatable bonds is 4. The third-order valence-corrected chi connectivity index (χ3v) is 5.41. The molecule has 1 aromatic carbocycles. The molecule has 0 saturated carbocycles. The second-order valence-corrected chi connectivity index (χ2v) is 7.35. The first kappa shape index (κ1) is 15.5. The highest BCUT2D eigenvalue weighted by molar-refractivity contribution is 9.10. The van der Waals surface area contributed by atoms with E-state index in [0.29, 0.717) is 0 Å². The monoisotopic (exact) mass is 351 g/mol. The van der Waals surface area contributed by atoms with Crippen molar-refractivity contribution in [3.8, 4) is 0 Å². The first-order chi connectivity index (χ1) is 10.2. The first-order valence-corrected chi connectivity index (χ1v) is 8.99. The van der Waals surface area contributed by atoms with Gasteiger partial charge >= 0.3 is 0 Å². The summed E-state index contributed by atoms with van der Waals surface area (Å²) in [6.07, 6.45) is 5.12. The molecule has 4 heteroatoms. The van der Waals surface area contributed by atoms with Crippen LogP contribution in [0.5, 0.6) is 0 Å². The van der Waals surface area contributed by atoms with Gasteiger partial charge in [-0.2, -0.15) is 0 Å². The molecule has 0 amide bonds. The topological polar surface area (TPSA) is 32.5 Å². The number of benzene rings is 1. The molecule has 3 rings (SSSR count). The van der Waals surface area contributed by atoms with Gasteiger partial charge in [0.1, 0.15) is 0 Å². The van der Waals surface area contributed by atoms with Crippen LogP contribution in [0.4, 0.5) is 0 Å². The lowest BCUT2D eigenvalue weighted by Crippen LogP contribution is -2.37. The zero-order chi connectivity index (χ0) is 14.7. The Morgan fingerprint density at radius 3 is 2.95 bits per heavy atom. The Bertz CT molecular complexity index is 465. The van der Waals surface area contributed by atoms with E-state index >= 15 is 0 Å². The van der Waals surface area contributed by atoms with E-state index in [0.717, 1.165) is 23.5 Å². The molecule has 0 spiro atoms. The maximum Gasteiger partial charge on any atom is 0.0307 e. The Morgan fingerprint density at radius 2 is 2.10 bits per heavy atom. The number of hydrogen-bond donors (Lipinski definition) is 1. The second-order valence-electron chi connectivity index (χ2n) is 6.44. The number of fused-ring (bicyclic) bond motifs is 1. The van der Waals surface area contributed by atoms with E-state index < -0.39 is 0 Å². The summed E-state index contributed by atoms with van der Waals surface area (Å²) in [5.74, 6) is 0. The van der Waals surface area contributed by atoms with E-state index in [9.17, 15) is 0 Å². The lowest BCUT2D eigenvalue weighted by Gasteiger charge is -2.26. The van der Waals surface area contributed by atoms with Crippen LogP contribution >= 0.6 is 15.9 Å². The van der Waals surface area contributed by atoms with E-state index in [-0.39, 0.29) is 6.04 Å². The number of nitrogens with two attached hydrogens (primary N) is 1. The fourth-order valence-corrected chi connectivity index (χ4v) is 4.13. The summed E-state index contributed by atoms with van der Waals surface area (Å²) in [7, 11) is 0. The van der Waals surface area contributed by atoms with Crippen LogP contribution in [0.3, 0.4) is 0 Å². The highest BCUT2D eigenvalue weighted by Crippen LogP contribution is 2.23. The average Bonchev–Trinajstić information content (AvgIpc) is 2.83. The largest absolute Gasteiger partial charge is 0.324 e. The molecule has 1 aromatic rings. The number of halogens is 1. The van der Waals surface area contributed by atoms with Crippen molar-refractivity contribution in [2.45, 2.75) is 37.8 Å². The van der Waals surface area contributed by atoms with Crippen LogP contribution < -0.4 is 5.73 Å². The highest BCUT2D eigenvalue weighted by Gasteiger charge is 2.28. The molecule has 3 nitrogen and oxygen atoms in total. The average molecular weight is 352 g/mol. The molecule has 0 radical (unpaired) electrons. The SMILES string of the molecule is NC(CCN1CCCN2CCCC2C1)c1cccc(Br)c1. The quantitative estimate of drug-likeness (QED) is 0.904. The van der Waals surface area contributed by atoms with Gasteiger partial charge < -0.3 is 10.6 Å². The Hall–Kier alpha value is -0.420. The van der Waals surface area contributed by atoms with Crippen molar-refractivity contribution in [3.05, 3.63) is 34.3 Å². The number of hydrogen-bond acceptors (Lipinski definition) is 3. The molecular formula is C17H26BrN3. The van der Waals surface area contributed by atoms with Gasteiger partial charge in [0.15, 0.2) is 0 Å². The molecule has 2 aliphatic rings. The molecule has 2 atom stereocenters. The highest BCUT2D eigenvalue weighted by atomic mass is 79.9. The molecule has 2 N–H and O–H groups in total. The van der Waals surface area contributed by atoms with Gasteiger partial charge in [0.2, 0.25) is 0 Å². The van der Waals surface area contributed by atoms with Crippen molar-refractivity contribution in [2.75, 3.05) is 32.7 Å². The van der Waals surface area contributed by atoms with Crippen molar-refractivity contribution < 1.29 is 0 Å². The molecule has 0 aromatic heterocycles. The van der Waals surface area contributed by atoms with Gasteiger partial charge in [0, 0.05) is 29.6 Å². The van der Waals surface area contributed by atoms with Crippen molar-refractivity contribution in [2.24, 2.45) is 5.73 Å². The van der Waals surface area contributed by atoms with E-state index in [1.807, 2.05) is 0 Å². The molecule has 2 saturated heterocycles. The Balaban J connectivity index is 1.52. The standard InChI is InChI=1S/C17H26BrN3/c18-15-5-1-4-14(12-15)17(19)7-11-20-8-3-10-21-9-2-6-16(21)13-20/h1,4-5,12,16-17H,2-3,6-11,13,19H2. The maximum atomic E-state index is 6.37. The minimum atomic E-state index is 0.144. The summed E-state index contributed by atoms with van der Waals surface area (Å²) in [6.45, 7) is 6.20. The molecule has 2 heterocycles. The Morgan fingerprint density at radius 1 is 1.24 bits per heavy atom. The summed E-state index contributed by atoms with van der Waals surface area (Å²) in [4.78, 5) is 5.32. The fraction of sp³-hybridized carbons (Fsp3) is 0.647. The second kappa shape index (κ2) is 7.23. The Kier molecular flexibility index (Phi) is 5.33. The van der Waals surface area contributed by atoms with Crippen molar-refractivity contribution in [1.29, 1.82) is 0 Å². The molecule has 2 aliphatic heterocycles. The van der Waals surface area contributed by atoms with Crippen molar-refractivity contribution >= 4 is 15.9 Å². The minimum absolute atomic E-state index is 0.144. The van der Waals surface area contributed by atoms with Gasteiger partial charge in [0.25, 0.3) is 0 Å². The van der Waals surface area contributed by atoms with Gasteiger partial charge in [0.05, 0.1) is 0 Å². The van der Waals surface area contributed by atoms with Gasteiger partial charge in [-0.15, -0.1) is 0 Å². The lowest BCUT2D eigenvalue weighted by atomic mass is 10.0. The summed E-state index contributed by atoms with van der Waals surface area (Å²) in [6, 6.07) is 9.35. The smallest absolute Gasteiger partial charge is 0.0307 e. The molecule has 2 fully saturated rings. The first-order valence-electron chi connectivity index (χ1n) is 8.20. The molecule has 0 aliphatic carbocycles. The van der Waals surface area contributed by atoms with Gasteiger partial charge in [-0.3, -0.25) is 4.90 Å². The van der Waals surface area contributed by atoms with Crippen LogP contribution in [-0.2, 0) is 0 Å². The van der Waals surface area contributed by atoms with Crippen LogP contribution in [0.1, 0.15) is 37.3 Å². The van der Waals surface area contributed by atoms with Crippen LogP contribution in [0.15, 0.2) is 28.7 Å². The van der Waals surface area contributed by atoms with Crippen LogP contribution in [0, 0.1) is 0 Å². The van der Waals surface area contributed by atoms with Crippen molar-refractivity contribution in [3.63, 3.8) is 0 Å². The van der Waals surface area contributed by atoms with E-state index in [1.54, 1.807) is 0 Å².